The summed E-state index contributed by atoms with van der Waals surface area (Å²) in [4.78, 5) is 20.4. The minimum Gasteiger partial charge on any atom is -0.334 e. The zero-order chi connectivity index (χ0) is 14.0. The van der Waals surface area contributed by atoms with Crippen LogP contribution in [0.5, 0.6) is 0 Å². The summed E-state index contributed by atoms with van der Waals surface area (Å²) in [5, 5.41) is 0.390. The Kier molecular flexibility index (Phi) is 4.22. The van der Waals surface area contributed by atoms with Crippen molar-refractivity contribution in [2.75, 3.05) is 7.05 Å². The molecule has 0 aromatic carbocycles. The zero-order valence-corrected chi connectivity index (χ0v) is 12.6. The van der Waals surface area contributed by atoms with Gasteiger partial charge >= 0.3 is 0 Å². The first kappa shape index (κ1) is 14.0. The first-order chi connectivity index (χ1) is 8.99. The SMILES string of the molecule is Cc1ccc(C(C)N(C)C(=O)c2ccc(Cl)nc2)s1. The summed E-state index contributed by atoms with van der Waals surface area (Å²) in [6.45, 7) is 4.08. The van der Waals surface area contributed by atoms with E-state index in [0.717, 1.165) is 0 Å². The quantitative estimate of drug-likeness (QED) is 0.803. The van der Waals surface area contributed by atoms with E-state index in [-0.39, 0.29) is 11.9 Å². The van der Waals surface area contributed by atoms with E-state index in [0.29, 0.717) is 10.7 Å². The van der Waals surface area contributed by atoms with Crippen molar-refractivity contribution in [1.29, 1.82) is 0 Å². The molecule has 100 valence electrons. The molecule has 0 N–H and O–H groups in total. The van der Waals surface area contributed by atoms with Gasteiger partial charge in [0.25, 0.3) is 5.91 Å². The summed E-state index contributed by atoms with van der Waals surface area (Å²) < 4.78 is 0. The van der Waals surface area contributed by atoms with Gasteiger partial charge in [-0.2, -0.15) is 0 Å². The van der Waals surface area contributed by atoms with Gasteiger partial charge in [0.05, 0.1) is 11.6 Å². The molecule has 19 heavy (non-hydrogen) atoms. The van der Waals surface area contributed by atoms with Crippen LogP contribution in [-0.2, 0) is 0 Å². The predicted octanol–water partition coefficient (Wildman–Crippen LogP) is 3.94. The lowest BCUT2D eigenvalue weighted by Crippen LogP contribution is -2.29. The van der Waals surface area contributed by atoms with Crippen molar-refractivity contribution < 1.29 is 4.79 Å². The lowest BCUT2D eigenvalue weighted by atomic mass is 10.2. The fraction of sp³-hybridized carbons (Fsp3) is 0.286. The number of aromatic nitrogens is 1. The fourth-order valence-electron chi connectivity index (χ4n) is 1.75. The van der Waals surface area contributed by atoms with E-state index < -0.39 is 0 Å². The van der Waals surface area contributed by atoms with Gasteiger partial charge in [-0.3, -0.25) is 4.79 Å². The predicted molar refractivity (Wildman–Crippen MR) is 78.8 cm³/mol. The Morgan fingerprint density at radius 2 is 2.11 bits per heavy atom. The lowest BCUT2D eigenvalue weighted by molar-refractivity contribution is 0.0744. The number of carbonyl (C=O) groups is 1. The van der Waals surface area contributed by atoms with Gasteiger partial charge in [0.1, 0.15) is 5.15 Å². The van der Waals surface area contributed by atoms with Gasteiger partial charge in [-0.15, -0.1) is 11.3 Å². The smallest absolute Gasteiger partial charge is 0.255 e. The second-order valence-corrected chi connectivity index (χ2v) is 6.12. The number of amides is 1. The van der Waals surface area contributed by atoms with Gasteiger partial charge in [0.15, 0.2) is 0 Å². The molecule has 0 saturated carbocycles. The Morgan fingerprint density at radius 1 is 1.37 bits per heavy atom. The molecular weight excluding hydrogens is 280 g/mol. The van der Waals surface area contributed by atoms with Gasteiger partial charge < -0.3 is 4.90 Å². The number of thiophene rings is 1. The van der Waals surface area contributed by atoms with Crippen molar-refractivity contribution in [1.82, 2.24) is 9.88 Å². The number of nitrogens with zero attached hydrogens (tertiary/aromatic N) is 2. The van der Waals surface area contributed by atoms with Crippen LogP contribution in [0.3, 0.4) is 0 Å². The van der Waals surface area contributed by atoms with Crippen LogP contribution in [0.1, 0.15) is 33.1 Å². The van der Waals surface area contributed by atoms with Gasteiger partial charge in [0, 0.05) is 23.0 Å². The molecule has 0 fully saturated rings. The average molecular weight is 295 g/mol. The molecule has 1 amide bonds. The molecule has 0 radical (unpaired) electrons. The molecular formula is C14H15ClN2OS. The summed E-state index contributed by atoms with van der Waals surface area (Å²) in [6.07, 6.45) is 1.51. The maximum absolute atomic E-state index is 12.3. The van der Waals surface area contributed by atoms with Crippen molar-refractivity contribution in [3.63, 3.8) is 0 Å². The summed E-state index contributed by atoms with van der Waals surface area (Å²) in [7, 11) is 1.80. The van der Waals surface area contributed by atoms with Crippen molar-refractivity contribution in [2.24, 2.45) is 0 Å². The van der Waals surface area contributed by atoms with Gasteiger partial charge in [-0.1, -0.05) is 11.6 Å². The highest BCUT2D eigenvalue weighted by atomic mass is 35.5. The van der Waals surface area contributed by atoms with Crippen molar-refractivity contribution in [3.05, 3.63) is 50.9 Å². The molecule has 0 saturated heterocycles. The number of halogens is 1. The molecule has 0 spiro atoms. The Balaban J connectivity index is 2.17. The summed E-state index contributed by atoms with van der Waals surface area (Å²) >= 11 is 7.43. The molecule has 2 aromatic heterocycles. The van der Waals surface area contributed by atoms with E-state index in [1.807, 2.05) is 6.92 Å². The average Bonchev–Trinajstić information content (AvgIpc) is 2.84. The Bertz CT molecular complexity index is 579. The highest BCUT2D eigenvalue weighted by molar-refractivity contribution is 7.12. The van der Waals surface area contributed by atoms with Crippen LogP contribution in [0.2, 0.25) is 5.15 Å². The van der Waals surface area contributed by atoms with E-state index in [9.17, 15) is 4.79 Å². The lowest BCUT2D eigenvalue weighted by Gasteiger charge is -2.24. The monoisotopic (exact) mass is 294 g/mol. The van der Waals surface area contributed by atoms with E-state index in [1.54, 1.807) is 35.4 Å². The number of hydrogen-bond acceptors (Lipinski definition) is 3. The highest BCUT2D eigenvalue weighted by Crippen LogP contribution is 2.27. The van der Waals surface area contributed by atoms with Crippen LogP contribution in [0.15, 0.2) is 30.5 Å². The molecule has 2 rings (SSSR count). The maximum atomic E-state index is 12.3. The molecule has 1 atom stereocenters. The number of hydrogen-bond donors (Lipinski definition) is 0. The van der Waals surface area contributed by atoms with Crippen molar-refractivity contribution in [2.45, 2.75) is 19.9 Å². The second kappa shape index (κ2) is 5.72. The molecule has 0 bridgehead atoms. The Hall–Kier alpha value is -1.39. The van der Waals surface area contributed by atoms with Crippen LogP contribution in [0.25, 0.3) is 0 Å². The molecule has 0 aliphatic heterocycles. The molecule has 0 aliphatic rings. The third-order valence-corrected chi connectivity index (χ3v) is 4.44. The topological polar surface area (TPSA) is 33.2 Å². The standard InChI is InChI=1S/C14H15ClN2OS/c1-9-4-6-12(19-9)10(2)17(3)14(18)11-5-7-13(15)16-8-11/h4-8,10H,1-3H3. The fourth-order valence-corrected chi connectivity index (χ4v) is 2.84. The van der Waals surface area contributed by atoms with Crippen molar-refractivity contribution >= 4 is 28.8 Å². The highest BCUT2D eigenvalue weighted by Gasteiger charge is 2.20. The normalized spacial score (nSPS) is 12.2. The van der Waals surface area contributed by atoms with E-state index >= 15 is 0 Å². The minimum absolute atomic E-state index is 0.0434. The number of pyridine rings is 1. The van der Waals surface area contributed by atoms with Crippen LogP contribution in [-0.4, -0.2) is 22.8 Å². The summed E-state index contributed by atoms with van der Waals surface area (Å²) in [6, 6.07) is 7.50. The summed E-state index contributed by atoms with van der Waals surface area (Å²) in [5.41, 5.74) is 0.548. The maximum Gasteiger partial charge on any atom is 0.255 e. The van der Waals surface area contributed by atoms with Gasteiger partial charge in [0.2, 0.25) is 0 Å². The largest absolute Gasteiger partial charge is 0.334 e. The third-order valence-electron chi connectivity index (χ3n) is 3.05. The van der Waals surface area contributed by atoms with Crippen LogP contribution < -0.4 is 0 Å². The van der Waals surface area contributed by atoms with Crippen molar-refractivity contribution in [3.8, 4) is 0 Å². The second-order valence-electron chi connectivity index (χ2n) is 4.41. The zero-order valence-electron chi connectivity index (χ0n) is 11.1. The number of aryl methyl sites for hydroxylation is 1. The number of carbonyl (C=O) groups excluding carboxylic acids is 1. The van der Waals surface area contributed by atoms with Crippen LogP contribution in [0.4, 0.5) is 0 Å². The minimum atomic E-state index is -0.0530. The van der Waals surface area contributed by atoms with Gasteiger partial charge in [-0.25, -0.2) is 4.98 Å². The first-order valence-corrected chi connectivity index (χ1v) is 7.13. The molecule has 2 aromatic rings. The van der Waals surface area contributed by atoms with E-state index in [2.05, 4.69) is 24.0 Å². The Labute approximate surface area is 121 Å². The van der Waals surface area contributed by atoms with E-state index in [4.69, 9.17) is 11.6 Å². The number of rotatable bonds is 3. The molecule has 1 unspecified atom stereocenters. The molecule has 5 heteroatoms. The summed E-state index contributed by atoms with van der Waals surface area (Å²) in [5.74, 6) is -0.0530. The van der Waals surface area contributed by atoms with Gasteiger partial charge in [-0.05, 0) is 38.1 Å². The molecule has 2 heterocycles. The van der Waals surface area contributed by atoms with Crippen LogP contribution >= 0.6 is 22.9 Å². The third kappa shape index (κ3) is 3.14. The Morgan fingerprint density at radius 3 is 2.63 bits per heavy atom. The van der Waals surface area contributed by atoms with Crippen LogP contribution in [0, 0.1) is 6.92 Å². The first-order valence-electron chi connectivity index (χ1n) is 5.94. The molecule has 3 nitrogen and oxygen atoms in total. The molecule has 0 aliphatic carbocycles. The van der Waals surface area contributed by atoms with E-state index in [1.165, 1.54) is 16.0 Å².